The summed E-state index contributed by atoms with van der Waals surface area (Å²) in [5.74, 6) is -0.436. The smallest absolute Gasteiger partial charge is 0.265 e. The summed E-state index contributed by atoms with van der Waals surface area (Å²) in [6.45, 7) is 1.57. The van der Waals surface area contributed by atoms with Crippen LogP contribution < -0.4 is 10.1 Å². The molecule has 0 aliphatic rings. The van der Waals surface area contributed by atoms with E-state index in [0.29, 0.717) is 17.0 Å². The van der Waals surface area contributed by atoms with Crippen molar-refractivity contribution in [3.63, 3.8) is 0 Å². The van der Waals surface area contributed by atoms with E-state index >= 15 is 0 Å². The van der Waals surface area contributed by atoms with Gasteiger partial charge in [-0.2, -0.15) is 5.26 Å². The topological polar surface area (TPSA) is 62.1 Å². The van der Waals surface area contributed by atoms with E-state index in [1.165, 1.54) is 12.1 Å². The monoisotopic (exact) mass is 318 g/mol. The summed E-state index contributed by atoms with van der Waals surface area (Å²) in [6.07, 6.45) is -0.783. The number of benzene rings is 2. The number of hydrogen-bond acceptors (Lipinski definition) is 3. The van der Waals surface area contributed by atoms with Crippen molar-refractivity contribution in [2.24, 2.45) is 0 Å². The molecule has 0 saturated carbocycles. The van der Waals surface area contributed by atoms with Gasteiger partial charge in [0.2, 0.25) is 0 Å². The third-order valence-corrected chi connectivity index (χ3v) is 3.17. The molecule has 2 aromatic carbocycles. The maximum Gasteiger partial charge on any atom is 0.265 e. The summed E-state index contributed by atoms with van der Waals surface area (Å²) in [6, 6.07) is 12.1. The Balaban J connectivity index is 2.01. The van der Waals surface area contributed by atoms with Crippen molar-refractivity contribution in [3.8, 4) is 11.8 Å². The first kappa shape index (κ1) is 15.8. The maximum absolute atomic E-state index is 12.9. The largest absolute Gasteiger partial charge is 0.481 e. The van der Waals surface area contributed by atoms with Gasteiger partial charge in [0.15, 0.2) is 6.10 Å². The first-order chi connectivity index (χ1) is 10.5. The molecule has 0 fully saturated rings. The number of amides is 1. The molecule has 1 atom stereocenters. The Morgan fingerprint density at radius 1 is 1.32 bits per heavy atom. The lowest BCUT2D eigenvalue weighted by atomic mass is 10.2. The Morgan fingerprint density at radius 3 is 2.59 bits per heavy atom. The predicted octanol–water partition coefficient (Wildman–Crippen LogP) is 3.76. The molecule has 0 radical (unpaired) electrons. The van der Waals surface area contributed by atoms with Crippen LogP contribution in [-0.2, 0) is 4.79 Å². The van der Waals surface area contributed by atoms with Gasteiger partial charge in [0.1, 0.15) is 11.6 Å². The summed E-state index contributed by atoms with van der Waals surface area (Å²) in [7, 11) is 0. The molecule has 6 heteroatoms. The second-order valence-electron chi connectivity index (χ2n) is 4.51. The first-order valence-corrected chi connectivity index (χ1v) is 6.80. The first-order valence-electron chi connectivity index (χ1n) is 6.42. The number of ether oxygens (including phenoxy) is 1. The number of nitriles is 1. The van der Waals surface area contributed by atoms with E-state index in [9.17, 15) is 9.18 Å². The highest BCUT2D eigenvalue weighted by Gasteiger charge is 2.16. The lowest BCUT2D eigenvalue weighted by molar-refractivity contribution is -0.122. The molecule has 112 valence electrons. The molecule has 22 heavy (non-hydrogen) atoms. The number of carbonyl (C=O) groups excluding carboxylic acids is 1. The molecule has 0 bridgehead atoms. The normalized spacial score (nSPS) is 11.4. The van der Waals surface area contributed by atoms with Gasteiger partial charge in [-0.05, 0) is 49.4 Å². The minimum atomic E-state index is -0.783. The van der Waals surface area contributed by atoms with Gasteiger partial charge in [0.05, 0.1) is 22.3 Å². The van der Waals surface area contributed by atoms with Crippen LogP contribution in [0.4, 0.5) is 10.1 Å². The van der Waals surface area contributed by atoms with Crippen molar-refractivity contribution in [1.29, 1.82) is 5.26 Å². The molecule has 0 unspecified atom stereocenters. The third-order valence-electron chi connectivity index (χ3n) is 2.85. The fourth-order valence-electron chi connectivity index (χ4n) is 1.69. The van der Waals surface area contributed by atoms with Crippen molar-refractivity contribution in [1.82, 2.24) is 0 Å². The van der Waals surface area contributed by atoms with Crippen molar-refractivity contribution in [2.75, 3.05) is 5.32 Å². The number of rotatable bonds is 4. The van der Waals surface area contributed by atoms with E-state index in [2.05, 4.69) is 5.32 Å². The van der Waals surface area contributed by atoms with Gasteiger partial charge >= 0.3 is 0 Å². The number of hydrogen-bond donors (Lipinski definition) is 1. The Morgan fingerprint density at radius 2 is 2.00 bits per heavy atom. The van der Waals surface area contributed by atoms with Gasteiger partial charge in [-0.1, -0.05) is 11.6 Å². The van der Waals surface area contributed by atoms with Crippen molar-refractivity contribution in [3.05, 3.63) is 58.9 Å². The average Bonchev–Trinajstić information content (AvgIpc) is 2.50. The van der Waals surface area contributed by atoms with Gasteiger partial charge in [-0.3, -0.25) is 4.79 Å². The molecule has 0 heterocycles. The lowest BCUT2D eigenvalue weighted by Crippen LogP contribution is -2.30. The second-order valence-corrected chi connectivity index (χ2v) is 4.92. The molecule has 1 amide bonds. The number of carbonyl (C=O) groups is 1. The summed E-state index contributed by atoms with van der Waals surface area (Å²) in [5.41, 5.74) is 0.811. The molecule has 0 aromatic heterocycles. The Bertz CT molecular complexity index is 726. The second kappa shape index (κ2) is 6.92. The van der Waals surface area contributed by atoms with Crippen molar-refractivity contribution >= 4 is 23.2 Å². The molecular weight excluding hydrogens is 307 g/mol. The minimum absolute atomic E-state index is 0.110. The zero-order valence-electron chi connectivity index (χ0n) is 11.6. The van der Waals surface area contributed by atoms with E-state index in [-0.39, 0.29) is 5.02 Å². The Labute approximate surface area is 132 Å². The Hall–Kier alpha value is -2.58. The molecule has 0 saturated heterocycles. The third kappa shape index (κ3) is 3.96. The van der Waals surface area contributed by atoms with Gasteiger partial charge in [-0.25, -0.2) is 4.39 Å². The van der Waals surface area contributed by atoms with Crippen LogP contribution in [0.25, 0.3) is 0 Å². The summed E-state index contributed by atoms with van der Waals surface area (Å²) in [5, 5.41) is 11.4. The van der Waals surface area contributed by atoms with E-state index in [4.69, 9.17) is 21.6 Å². The fourth-order valence-corrected chi connectivity index (χ4v) is 1.91. The quantitative estimate of drug-likeness (QED) is 0.933. The standard InChI is InChI=1S/C16H12ClFN2O2/c1-10(22-13-5-2-11(9-19)3-6-13)16(21)20-15-7-4-12(18)8-14(15)17/h2-8,10H,1H3,(H,20,21)/t10-/m1/s1. The van der Waals surface area contributed by atoms with E-state index in [1.807, 2.05) is 6.07 Å². The fraction of sp³-hybridized carbons (Fsp3) is 0.125. The molecule has 2 aromatic rings. The minimum Gasteiger partial charge on any atom is -0.481 e. The summed E-state index contributed by atoms with van der Waals surface area (Å²) in [4.78, 5) is 12.0. The van der Waals surface area contributed by atoms with E-state index in [1.54, 1.807) is 31.2 Å². The number of halogens is 2. The molecule has 0 aliphatic heterocycles. The molecule has 1 N–H and O–H groups in total. The van der Waals surface area contributed by atoms with Crippen LogP contribution in [0.1, 0.15) is 12.5 Å². The summed E-state index contributed by atoms with van der Waals surface area (Å²) >= 11 is 5.85. The van der Waals surface area contributed by atoms with Crippen LogP contribution in [0.3, 0.4) is 0 Å². The molecule has 2 rings (SSSR count). The Kier molecular flexibility index (Phi) is 4.97. The zero-order chi connectivity index (χ0) is 16.1. The lowest BCUT2D eigenvalue weighted by Gasteiger charge is -2.15. The number of anilines is 1. The zero-order valence-corrected chi connectivity index (χ0v) is 12.4. The van der Waals surface area contributed by atoms with Crippen LogP contribution in [0.2, 0.25) is 5.02 Å². The van der Waals surface area contributed by atoms with Crippen LogP contribution in [0, 0.1) is 17.1 Å². The van der Waals surface area contributed by atoms with Gasteiger partial charge < -0.3 is 10.1 Å². The van der Waals surface area contributed by atoms with Crippen molar-refractivity contribution < 1.29 is 13.9 Å². The molecule has 0 spiro atoms. The summed E-state index contributed by atoms with van der Waals surface area (Å²) < 4.78 is 18.4. The highest BCUT2D eigenvalue weighted by molar-refractivity contribution is 6.33. The predicted molar refractivity (Wildman–Crippen MR) is 81.3 cm³/mol. The van der Waals surface area contributed by atoms with Crippen LogP contribution >= 0.6 is 11.6 Å². The highest BCUT2D eigenvalue weighted by Crippen LogP contribution is 2.23. The molecule has 4 nitrogen and oxygen atoms in total. The average molecular weight is 319 g/mol. The van der Waals surface area contributed by atoms with Crippen LogP contribution in [0.5, 0.6) is 5.75 Å². The van der Waals surface area contributed by atoms with Crippen LogP contribution in [0.15, 0.2) is 42.5 Å². The van der Waals surface area contributed by atoms with Gasteiger partial charge in [0.25, 0.3) is 5.91 Å². The SMILES string of the molecule is C[C@@H](Oc1ccc(C#N)cc1)C(=O)Nc1ccc(F)cc1Cl. The number of nitrogens with zero attached hydrogens (tertiary/aromatic N) is 1. The van der Waals surface area contributed by atoms with E-state index < -0.39 is 17.8 Å². The highest BCUT2D eigenvalue weighted by atomic mass is 35.5. The van der Waals surface area contributed by atoms with Crippen LogP contribution in [-0.4, -0.2) is 12.0 Å². The van der Waals surface area contributed by atoms with E-state index in [0.717, 1.165) is 6.07 Å². The molecule has 0 aliphatic carbocycles. The molecular formula is C16H12ClFN2O2. The van der Waals surface area contributed by atoms with Crippen molar-refractivity contribution in [2.45, 2.75) is 13.0 Å². The van der Waals surface area contributed by atoms with Gasteiger partial charge in [-0.15, -0.1) is 0 Å². The number of nitrogens with one attached hydrogen (secondary N) is 1. The van der Waals surface area contributed by atoms with Gasteiger partial charge in [0, 0.05) is 0 Å². The maximum atomic E-state index is 12.9.